The fourth-order valence-electron chi connectivity index (χ4n) is 4.09. The Balaban J connectivity index is 2.03. The molecule has 94 valence electrons. The Morgan fingerprint density at radius 1 is 0.938 bits per heavy atom. The van der Waals surface area contributed by atoms with Crippen LogP contribution in [-0.4, -0.2) is 37.1 Å². The quantitative estimate of drug-likeness (QED) is 0.736. The van der Waals surface area contributed by atoms with E-state index in [2.05, 4.69) is 37.9 Å². The number of hydrogen-bond acceptors (Lipinski definition) is 2. The Kier molecular flexibility index (Phi) is 3.33. The fourth-order valence-corrected chi connectivity index (χ4v) is 4.09. The smallest absolute Gasteiger partial charge is 0.0110 e. The number of nitrogens with zero attached hydrogens (tertiary/aromatic N) is 1. The third-order valence-corrected chi connectivity index (χ3v) is 4.20. The first-order valence-corrected chi connectivity index (χ1v) is 6.83. The first-order valence-electron chi connectivity index (χ1n) is 6.83. The summed E-state index contributed by atoms with van der Waals surface area (Å²) in [4.78, 5) is 2.72. The number of rotatable bonds is 1. The molecule has 1 saturated carbocycles. The average molecular weight is 224 g/mol. The Labute approximate surface area is 101 Å². The van der Waals surface area contributed by atoms with Crippen LogP contribution in [0.25, 0.3) is 0 Å². The normalized spacial score (nSPS) is 31.5. The van der Waals surface area contributed by atoms with Crippen molar-refractivity contribution in [3.05, 3.63) is 0 Å². The monoisotopic (exact) mass is 224 g/mol. The minimum absolute atomic E-state index is 0.525. The summed E-state index contributed by atoms with van der Waals surface area (Å²) in [5, 5.41) is 3.45. The van der Waals surface area contributed by atoms with Crippen LogP contribution in [0.4, 0.5) is 0 Å². The second-order valence-electron chi connectivity index (χ2n) is 7.35. The van der Waals surface area contributed by atoms with Gasteiger partial charge in [-0.2, -0.15) is 0 Å². The molecule has 2 aliphatic rings. The van der Waals surface area contributed by atoms with Gasteiger partial charge in [-0.3, -0.25) is 4.90 Å². The Hall–Kier alpha value is -0.0800. The van der Waals surface area contributed by atoms with Gasteiger partial charge in [-0.05, 0) is 30.1 Å². The molecule has 1 N–H and O–H groups in total. The van der Waals surface area contributed by atoms with Crippen molar-refractivity contribution in [2.75, 3.05) is 26.2 Å². The van der Waals surface area contributed by atoms with Crippen LogP contribution in [0.15, 0.2) is 0 Å². The van der Waals surface area contributed by atoms with Crippen molar-refractivity contribution >= 4 is 0 Å². The molecule has 0 aromatic rings. The zero-order valence-electron chi connectivity index (χ0n) is 11.5. The summed E-state index contributed by atoms with van der Waals surface area (Å²) >= 11 is 0. The minimum Gasteiger partial charge on any atom is -0.314 e. The highest BCUT2D eigenvalue weighted by Crippen LogP contribution is 2.47. The predicted octanol–water partition coefficient (Wildman–Crippen LogP) is 2.50. The second kappa shape index (κ2) is 4.30. The van der Waals surface area contributed by atoms with Gasteiger partial charge in [0.1, 0.15) is 0 Å². The molecule has 16 heavy (non-hydrogen) atoms. The molecule has 0 unspecified atom stereocenters. The number of piperazine rings is 1. The summed E-state index contributed by atoms with van der Waals surface area (Å²) in [6.45, 7) is 14.6. The van der Waals surface area contributed by atoms with E-state index in [0.29, 0.717) is 10.8 Å². The highest BCUT2D eigenvalue weighted by Gasteiger charge is 2.40. The van der Waals surface area contributed by atoms with E-state index in [1.165, 1.54) is 45.4 Å². The van der Waals surface area contributed by atoms with E-state index in [1.54, 1.807) is 0 Å². The zero-order chi connectivity index (χ0) is 11.8. The van der Waals surface area contributed by atoms with Crippen LogP contribution in [0.1, 0.15) is 47.0 Å². The van der Waals surface area contributed by atoms with E-state index >= 15 is 0 Å². The lowest BCUT2D eigenvalue weighted by Gasteiger charge is -2.49. The molecule has 0 aromatic carbocycles. The summed E-state index contributed by atoms with van der Waals surface area (Å²) in [6, 6.07) is 0.820. The van der Waals surface area contributed by atoms with Gasteiger partial charge in [-0.1, -0.05) is 27.7 Å². The molecule has 0 amide bonds. The molecule has 2 rings (SSSR count). The first-order chi connectivity index (χ1) is 7.38. The molecular formula is C14H28N2. The standard InChI is InChI=1S/C14H28N2/c1-13(2)9-12(10-14(3,4)11-13)16-7-5-15-6-8-16/h12,15H,5-11H2,1-4H3. The summed E-state index contributed by atoms with van der Waals surface area (Å²) in [7, 11) is 0. The Bertz CT molecular complexity index is 223. The Morgan fingerprint density at radius 2 is 1.44 bits per heavy atom. The molecule has 2 fully saturated rings. The van der Waals surface area contributed by atoms with Gasteiger partial charge in [-0.25, -0.2) is 0 Å². The molecule has 1 aliphatic carbocycles. The van der Waals surface area contributed by atoms with E-state index in [1.807, 2.05) is 0 Å². The van der Waals surface area contributed by atoms with Crippen LogP contribution in [0.3, 0.4) is 0 Å². The van der Waals surface area contributed by atoms with Gasteiger partial charge in [0.05, 0.1) is 0 Å². The fraction of sp³-hybridized carbons (Fsp3) is 1.00. The lowest BCUT2D eigenvalue weighted by Crippen LogP contribution is -2.52. The molecule has 0 bridgehead atoms. The lowest BCUT2D eigenvalue weighted by atomic mass is 9.63. The summed E-state index contributed by atoms with van der Waals surface area (Å²) in [6.07, 6.45) is 4.15. The number of hydrogen-bond donors (Lipinski definition) is 1. The van der Waals surface area contributed by atoms with Gasteiger partial charge in [0.15, 0.2) is 0 Å². The van der Waals surface area contributed by atoms with Crippen molar-refractivity contribution in [1.82, 2.24) is 10.2 Å². The van der Waals surface area contributed by atoms with E-state index in [-0.39, 0.29) is 0 Å². The van der Waals surface area contributed by atoms with E-state index < -0.39 is 0 Å². The van der Waals surface area contributed by atoms with Gasteiger partial charge in [-0.15, -0.1) is 0 Å². The maximum Gasteiger partial charge on any atom is 0.0110 e. The van der Waals surface area contributed by atoms with Crippen LogP contribution in [0, 0.1) is 10.8 Å². The largest absolute Gasteiger partial charge is 0.314 e. The Morgan fingerprint density at radius 3 is 1.94 bits per heavy atom. The minimum atomic E-state index is 0.525. The molecule has 1 aliphatic heterocycles. The molecule has 0 radical (unpaired) electrons. The van der Waals surface area contributed by atoms with Crippen molar-refractivity contribution in [3.63, 3.8) is 0 Å². The third kappa shape index (κ3) is 2.98. The topological polar surface area (TPSA) is 15.3 Å². The van der Waals surface area contributed by atoms with Crippen molar-refractivity contribution in [1.29, 1.82) is 0 Å². The molecule has 0 atom stereocenters. The summed E-state index contributed by atoms with van der Waals surface area (Å²) in [5.41, 5.74) is 1.05. The molecule has 2 heteroatoms. The van der Waals surface area contributed by atoms with Crippen molar-refractivity contribution < 1.29 is 0 Å². The van der Waals surface area contributed by atoms with Crippen molar-refractivity contribution in [2.24, 2.45) is 10.8 Å². The van der Waals surface area contributed by atoms with Gasteiger partial charge < -0.3 is 5.32 Å². The molecule has 2 nitrogen and oxygen atoms in total. The molecule has 0 aromatic heterocycles. The highest BCUT2D eigenvalue weighted by atomic mass is 15.2. The van der Waals surface area contributed by atoms with Crippen LogP contribution in [0.5, 0.6) is 0 Å². The van der Waals surface area contributed by atoms with E-state index in [0.717, 1.165) is 6.04 Å². The van der Waals surface area contributed by atoms with Crippen LogP contribution in [0.2, 0.25) is 0 Å². The van der Waals surface area contributed by atoms with E-state index in [4.69, 9.17) is 0 Å². The lowest BCUT2D eigenvalue weighted by molar-refractivity contribution is 0.0195. The average Bonchev–Trinajstić information content (AvgIpc) is 2.14. The highest BCUT2D eigenvalue weighted by molar-refractivity contribution is 4.94. The molecule has 1 heterocycles. The summed E-state index contributed by atoms with van der Waals surface area (Å²) in [5.74, 6) is 0. The van der Waals surface area contributed by atoms with Crippen molar-refractivity contribution in [2.45, 2.75) is 53.0 Å². The predicted molar refractivity (Wildman–Crippen MR) is 69.6 cm³/mol. The molecular weight excluding hydrogens is 196 g/mol. The van der Waals surface area contributed by atoms with Gasteiger partial charge in [0, 0.05) is 32.2 Å². The van der Waals surface area contributed by atoms with Crippen LogP contribution >= 0.6 is 0 Å². The van der Waals surface area contributed by atoms with Gasteiger partial charge >= 0.3 is 0 Å². The second-order valence-corrected chi connectivity index (χ2v) is 7.35. The molecule has 0 spiro atoms. The first kappa shape index (κ1) is 12.4. The summed E-state index contributed by atoms with van der Waals surface area (Å²) < 4.78 is 0. The molecule has 1 saturated heterocycles. The van der Waals surface area contributed by atoms with Crippen LogP contribution < -0.4 is 5.32 Å². The maximum absolute atomic E-state index is 3.45. The number of nitrogens with one attached hydrogen (secondary N) is 1. The van der Waals surface area contributed by atoms with Gasteiger partial charge in [0.2, 0.25) is 0 Å². The third-order valence-electron chi connectivity index (χ3n) is 4.20. The van der Waals surface area contributed by atoms with Crippen molar-refractivity contribution in [3.8, 4) is 0 Å². The van der Waals surface area contributed by atoms with Gasteiger partial charge in [0.25, 0.3) is 0 Å². The maximum atomic E-state index is 3.45. The van der Waals surface area contributed by atoms with Crippen LogP contribution in [-0.2, 0) is 0 Å². The SMILES string of the molecule is CC1(C)CC(N2CCNCC2)CC(C)(C)C1. The van der Waals surface area contributed by atoms with E-state index in [9.17, 15) is 0 Å². The zero-order valence-corrected chi connectivity index (χ0v) is 11.5.